The summed E-state index contributed by atoms with van der Waals surface area (Å²) in [5.41, 5.74) is 1.37. The lowest BCUT2D eigenvalue weighted by Gasteiger charge is -2.16. The van der Waals surface area contributed by atoms with Gasteiger partial charge < -0.3 is 20.1 Å². The molecule has 0 aliphatic carbocycles. The van der Waals surface area contributed by atoms with E-state index in [1.165, 1.54) is 37.4 Å². The molecule has 0 spiro atoms. The van der Waals surface area contributed by atoms with Crippen molar-refractivity contribution in [3.63, 3.8) is 0 Å². The number of halogens is 2. The van der Waals surface area contributed by atoms with E-state index in [1.54, 1.807) is 36.4 Å². The van der Waals surface area contributed by atoms with Crippen molar-refractivity contribution in [3.05, 3.63) is 93.6 Å². The number of ether oxygens (including phenoxy) is 2. The molecule has 1 aliphatic heterocycles. The molecule has 0 saturated carbocycles. The molecule has 0 aromatic heterocycles. The summed E-state index contributed by atoms with van der Waals surface area (Å²) in [6.07, 6.45) is 0.685. The van der Waals surface area contributed by atoms with Crippen molar-refractivity contribution in [2.45, 2.75) is 13.3 Å². The molecule has 0 bridgehead atoms. The molecule has 3 amide bonds. The predicted molar refractivity (Wildman–Crippen MR) is 148 cm³/mol. The van der Waals surface area contributed by atoms with E-state index in [1.807, 2.05) is 6.92 Å². The molecule has 1 heterocycles. The Morgan fingerprint density at radius 2 is 1.67 bits per heavy atom. The lowest BCUT2D eigenvalue weighted by Crippen LogP contribution is -2.32. The molecule has 9 nitrogen and oxygen atoms in total. The van der Waals surface area contributed by atoms with Crippen molar-refractivity contribution in [1.82, 2.24) is 0 Å². The molecule has 0 atom stereocenters. The average molecular weight is 568 g/mol. The van der Waals surface area contributed by atoms with E-state index in [4.69, 9.17) is 32.7 Å². The molecule has 1 aliphatic rings. The number of carbonyl (C=O) groups excluding carboxylic acids is 4. The van der Waals surface area contributed by atoms with Crippen molar-refractivity contribution in [2.24, 2.45) is 0 Å². The Labute approximate surface area is 234 Å². The maximum absolute atomic E-state index is 13.2. The highest BCUT2D eigenvalue weighted by molar-refractivity contribution is 6.53. The van der Waals surface area contributed by atoms with E-state index in [-0.39, 0.29) is 34.2 Å². The van der Waals surface area contributed by atoms with Crippen LogP contribution in [-0.2, 0) is 14.3 Å². The zero-order chi connectivity index (χ0) is 28.1. The summed E-state index contributed by atoms with van der Waals surface area (Å²) in [5.74, 6) is -1.94. The Bertz CT molecular complexity index is 1490. The van der Waals surface area contributed by atoms with Gasteiger partial charge in [-0.3, -0.25) is 14.4 Å². The van der Waals surface area contributed by atoms with Crippen LogP contribution in [0.25, 0.3) is 0 Å². The molecule has 3 aromatic rings. The van der Waals surface area contributed by atoms with Gasteiger partial charge in [-0.05, 0) is 67.1 Å². The molecule has 2 N–H and O–H groups in total. The van der Waals surface area contributed by atoms with Crippen LogP contribution in [-0.4, -0.2) is 37.4 Å². The number of esters is 1. The third-order valence-electron chi connectivity index (χ3n) is 5.63. The minimum atomic E-state index is -0.729. The number of methoxy groups -OCH3 is 1. The number of rotatable bonds is 9. The first kappa shape index (κ1) is 27.7. The Kier molecular flexibility index (Phi) is 8.53. The Morgan fingerprint density at radius 1 is 0.923 bits per heavy atom. The van der Waals surface area contributed by atoms with Crippen LogP contribution in [0.1, 0.15) is 34.1 Å². The Morgan fingerprint density at radius 3 is 2.36 bits per heavy atom. The van der Waals surface area contributed by atoms with Crippen LogP contribution in [0.15, 0.2) is 77.5 Å². The topological polar surface area (TPSA) is 114 Å². The maximum atomic E-state index is 13.2. The summed E-state index contributed by atoms with van der Waals surface area (Å²) < 4.78 is 10.4. The van der Waals surface area contributed by atoms with Crippen molar-refractivity contribution in [2.75, 3.05) is 29.3 Å². The number of hydrogen-bond donors (Lipinski definition) is 2. The number of hydrogen-bond acceptors (Lipinski definition) is 7. The van der Waals surface area contributed by atoms with Gasteiger partial charge in [-0.2, -0.15) is 0 Å². The van der Waals surface area contributed by atoms with Crippen LogP contribution < -0.4 is 20.3 Å². The maximum Gasteiger partial charge on any atom is 0.338 e. The summed E-state index contributed by atoms with van der Waals surface area (Å²) in [4.78, 5) is 51.8. The largest absolute Gasteiger partial charge is 0.495 e. The molecule has 200 valence electrons. The second kappa shape index (κ2) is 12.0. The zero-order valence-electron chi connectivity index (χ0n) is 20.9. The molecule has 0 saturated heterocycles. The number of anilines is 3. The van der Waals surface area contributed by atoms with Crippen LogP contribution >= 0.6 is 23.2 Å². The summed E-state index contributed by atoms with van der Waals surface area (Å²) >= 11 is 12.3. The lowest BCUT2D eigenvalue weighted by atomic mass is 10.1. The fourth-order valence-corrected chi connectivity index (χ4v) is 4.11. The van der Waals surface area contributed by atoms with Crippen molar-refractivity contribution >= 4 is 64.0 Å². The first-order valence-electron chi connectivity index (χ1n) is 11.8. The van der Waals surface area contributed by atoms with Gasteiger partial charge in [0.2, 0.25) is 0 Å². The molecule has 39 heavy (non-hydrogen) atoms. The average Bonchev–Trinajstić information content (AvgIpc) is 3.15. The zero-order valence-corrected chi connectivity index (χ0v) is 22.4. The molecular weight excluding hydrogens is 545 g/mol. The van der Waals surface area contributed by atoms with Gasteiger partial charge >= 0.3 is 5.97 Å². The van der Waals surface area contributed by atoms with Crippen molar-refractivity contribution in [1.29, 1.82) is 0 Å². The quantitative estimate of drug-likeness (QED) is 0.255. The molecule has 11 heteroatoms. The first-order valence-corrected chi connectivity index (χ1v) is 12.6. The summed E-state index contributed by atoms with van der Waals surface area (Å²) in [6.45, 7) is 2.17. The number of imide groups is 1. The Balaban J connectivity index is 1.50. The summed E-state index contributed by atoms with van der Waals surface area (Å²) in [7, 11) is 1.47. The van der Waals surface area contributed by atoms with Gasteiger partial charge in [-0.15, -0.1) is 0 Å². The van der Waals surface area contributed by atoms with Gasteiger partial charge in [0.25, 0.3) is 17.7 Å². The Hall–Kier alpha value is -4.34. The third-order valence-corrected chi connectivity index (χ3v) is 6.22. The molecule has 0 unspecified atom stereocenters. The van der Waals surface area contributed by atoms with E-state index in [2.05, 4.69) is 10.6 Å². The van der Waals surface area contributed by atoms with Gasteiger partial charge in [0, 0.05) is 16.3 Å². The van der Waals surface area contributed by atoms with Crippen molar-refractivity contribution < 1.29 is 28.7 Å². The van der Waals surface area contributed by atoms with E-state index < -0.39 is 23.7 Å². The van der Waals surface area contributed by atoms with Crippen molar-refractivity contribution in [3.8, 4) is 5.75 Å². The predicted octanol–water partition coefficient (Wildman–Crippen LogP) is 5.60. The van der Waals surface area contributed by atoms with Gasteiger partial charge in [0.1, 0.15) is 16.5 Å². The SMILES string of the molecule is CCCOC(=O)c1ccc(N2C(=O)C(Cl)=C(Nc3cccc(C(=O)Nc4cc(Cl)ccc4OC)c3)C2=O)cc1. The van der Waals surface area contributed by atoms with Gasteiger partial charge in [-0.25, -0.2) is 9.69 Å². The van der Waals surface area contributed by atoms with E-state index in [0.29, 0.717) is 28.6 Å². The fraction of sp³-hybridized carbons (Fsp3) is 0.143. The van der Waals surface area contributed by atoms with Gasteiger partial charge in [0.15, 0.2) is 0 Å². The highest BCUT2D eigenvalue weighted by Gasteiger charge is 2.39. The highest BCUT2D eigenvalue weighted by atomic mass is 35.5. The van der Waals surface area contributed by atoms with Gasteiger partial charge in [0.05, 0.1) is 30.7 Å². The van der Waals surface area contributed by atoms with Crippen LogP contribution in [0.2, 0.25) is 5.02 Å². The normalized spacial score (nSPS) is 13.0. The van der Waals surface area contributed by atoms with Crippen LogP contribution in [0.4, 0.5) is 17.1 Å². The minimum absolute atomic E-state index is 0.151. The van der Waals surface area contributed by atoms with E-state index in [0.717, 1.165) is 4.90 Å². The molecule has 0 fully saturated rings. The smallest absolute Gasteiger partial charge is 0.338 e. The molecular formula is C28H23Cl2N3O6. The monoisotopic (exact) mass is 567 g/mol. The fourth-order valence-electron chi connectivity index (χ4n) is 3.73. The first-order chi connectivity index (χ1) is 18.7. The highest BCUT2D eigenvalue weighted by Crippen LogP contribution is 2.31. The minimum Gasteiger partial charge on any atom is -0.495 e. The van der Waals surface area contributed by atoms with Crippen LogP contribution in [0.5, 0.6) is 5.75 Å². The van der Waals surface area contributed by atoms with Crippen LogP contribution in [0, 0.1) is 0 Å². The molecule has 0 radical (unpaired) electrons. The second-order valence-corrected chi connectivity index (χ2v) is 9.14. The number of carbonyl (C=O) groups is 4. The number of nitrogens with zero attached hydrogens (tertiary/aromatic N) is 1. The van der Waals surface area contributed by atoms with Gasteiger partial charge in [-0.1, -0.05) is 36.2 Å². The summed E-state index contributed by atoms with van der Waals surface area (Å²) in [5, 5.41) is 5.69. The number of nitrogens with one attached hydrogen (secondary N) is 2. The summed E-state index contributed by atoms with van der Waals surface area (Å²) in [6, 6.07) is 17.0. The molecule has 4 rings (SSSR count). The number of amides is 3. The van der Waals surface area contributed by atoms with E-state index in [9.17, 15) is 19.2 Å². The molecule has 3 aromatic carbocycles. The number of benzene rings is 3. The second-order valence-electron chi connectivity index (χ2n) is 8.32. The standard InChI is InChI=1S/C28H23Cl2N3O6/c1-3-13-39-28(37)16-7-10-20(11-8-16)33-26(35)23(30)24(27(33)36)31-19-6-4-5-17(14-19)25(34)32-21-15-18(29)9-12-22(21)38-2/h4-12,14-15,31H,3,13H2,1-2H3,(H,32,34). The van der Waals surface area contributed by atoms with Crippen LogP contribution in [0.3, 0.4) is 0 Å². The van der Waals surface area contributed by atoms with E-state index >= 15 is 0 Å². The third kappa shape index (κ3) is 6.05. The lowest BCUT2D eigenvalue weighted by molar-refractivity contribution is -0.120.